The third kappa shape index (κ3) is 3.62. The first-order valence-corrected chi connectivity index (χ1v) is 5.69. The minimum Gasteiger partial charge on any atom is -0.696 e. The van der Waals surface area contributed by atoms with Crippen LogP contribution >= 0.6 is 0 Å². The van der Waals surface area contributed by atoms with Crippen molar-refractivity contribution in [2.75, 3.05) is 18.7 Å². The summed E-state index contributed by atoms with van der Waals surface area (Å²) in [6, 6.07) is 7.31. The summed E-state index contributed by atoms with van der Waals surface area (Å²) in [4.78, 5) is 0.669. The molecule has 94 valence electrons. The van der Waals surface area contributed by atoms with Gasteiger partial charge in [-0.3, -0.25) is 0 Å². The molecule has 0 saturated heterocycles. The van der Waals surface area contributed by atoms with Gasteiger partial charge in [-0.05, 0) is 32.9 Å². The van der Waals surface area contributed by atoms with Gasteiger partial charge in [-0.25, -0.2) is 0 Å². The molecule has 1 rings (SSSR count). The molecule has 0 fully saturated rings. The molecule has 5 heteroatoms. The van der Waals surface area contributed by atoms with E-state index in [0.29, 0.717) is 11.5 Å². The standard InChI is InChI=1S/C12H19N3O2/c1-5-17-12-9-7-6-8-11(12)14(4)13-15(16)10(2)3/h6-10H,5H2,1-4H3. The van der Waals surface area contributed by atoms with Crippen molar-refractivity contribution in [1.29, 1.82) is 0 Å². The maximum absolute atomic E-state index is 11.5. The second-order valence-corrected chi connectivity index (χ2v) is 3.91. The highest BCUT2D eigenvalue weighted by Gasteiger charge is 2.13. The number of para-hydroxylation sites is 2. The van der Waals surface area contributed by atoms with Gasteiger partial charge in [0.05, 0.1) is 11.8 Å². The summed E-state index contributed by atoms with van der Waals surface area (Å²) in [5.74, 6) is 0.721. The number of ether oxygens (including phenoxy) is 1. The average Bonchev–Trinajstić information content (AvgIpc) is 2.29. The Morgan fingerprint density at radius 1 is 1.41 bits per heavy atom. The fourth-order valence-electron chi connectivity index (χ4n) is 1.29. The summed E-state index contributed by atoms with van der Waals surface area (Å²) >= 11 is 0. The van der Waals surface area contributed by atoms with E-state index in [9.17, 15) is 5.21 Å². The molecular weight excluding hydrogens is 218 g/mol. The first-order valence-electron chi connectivity index (χ1n) is 5.69. The SMILES string of the molecule is CCOc1ccccc1N(C)N=[N+]([O-])C(C)C. The Balaban J connectivity index is 2.95. The zero-order chi connectivity index (χ0) is 12.8. The number of hydrogen-bond acceptors (Lipinski definition) is 3. The molecule has 0 aliphatic heterocycles. The Hall–Kier alpha value is -1.78. The van der Waals surface area contributed by atoms with Crippen molar-refractivity contribution in [1.82, 2.24) is 0 Å². The van der Waals surface area contributed by atoms with Crippen molar-refractivity contribution in [3.8, 4) is 5.75 Å². The summed E-state index contributed by atoms with van der Waals surface area (Å²) in [5, 5.41) is 16.9. The van der Waals surface area contributed by atoms with Crippen molar-refractivity contribution in [2.45, 2.75) is 26.8 Å². The molecule has 0 heterocycles. The van der Waals surface area contributed by atoms with E-state index in [1.54, 1.807) is 20.9 Å². The summed E-state index contributed by atoms with van der Waals surface area (Å²) in [7, 11) is 1.73. The number of anilines is 1. The minimum atomic E-state index is -0.184. The highest BCUT2D eigenvalue weighted by Crippen LogP contribution is 2.27. The fraction of sp³-hybridized carbons (Fsp3) is 0.500. The van der Waals surface area contributed by atoms with Crippen LogP contribution in [0.3, 0.4) is 0 Å². The van der Waals surface area contributed by atoms with Crippen LogP contribution in [-0.4, -0.2) is 24.6 Å². The predicted octanol–water partition coefficient (Wildman–Crippen LogP) is 2.81. The third-order valence-corrected chi connectivity index (χ3v) is 2.18. The first-order chi connectivity index (χ1) is 8.06. The van der Waals surface area contributed by atoms with Gasteiger partial charge in [-0.2, -0.15) is 4.86 Å². The molecule has 0 atom stereocenters. The molecule has 0 aromatic heterocycles. The van der Waals surface area contributed by atoms with Gasteiger partial charge in [0.25, 0.3) is 0 Å². The zero-order valence-electron chi connectivity index (χ0n) is 10.8. The maximum atomic E-state index is 11.5. The van der Waals surface area contributed by atoms with Gasteiger partial charge in [0, 0.05) is 0 Å². The Labute approximate surface area is 102 Å². The normalized spacial score (nSPS) is 11.7. The van der Waals surface area contributed by atoms with Crippen LogP contribution in [0.1, 0.15) is 20.8 Å². The quantitative estimate of drug-likeness (QED) is 0.449. The lowest BCUT2D eigenvalue weighted by molar-refractivity contribution is -0.562. The van der Waals surface area contributed by atoms with Crippen molar-refractivity contribution < 1.29 is 9.60 Å². The molecule has 1 aromatic rings. The molecule has 1 aromatic carbocycles. The van der Waals surface area contributed by atoms with Gasteiger partial charge in [0.15, 0.2) is 11.4 Å². The predicted molar refractivity (Wildman–Crippen MR) is 67.2 cm³/mol. The monoisotopic (exact) mass is 237 g/mol. The molecule has 0 unspecified atom stereocenters. The second kappa shape index (κ2) is 6.08. The number of nitrogens with zero attached hydrogens (tertiary/aromatic N) is 3. The van der Waals surface area contributed by atoms with Gasteiger partial charge in [0.1, 0.15) is 13.1 Å². The van der Waals surface area contributed by atoms with Crippen LogP contribution in [0.4, 0.5) is 5.69 Å². The van der Waals surface area contributed by atoms with Crippen molar-refractivity contribution in [2.24, 2.45) is 5.22 Å². The van der Waals surface area contributed by atoms with E-state index in [2.05, 4.69) is 5.22 Å². The molecule has 0 radical (unpaired) electrons. The topological polar surface area (TPSA) is 50.9 Å². The summed E-state index contributed by atoms with van der Waals surface area (Å²) in [6.07, 6.45) is 0. The van der Waals surface area contributed by atoms with Crippen molar-refractivity contribution in [3.05, 3.63) is 29.5 Å². The minimum absolute atomic E-state index is 0.184. The number of hydroxylamine groups is 1. The molecule has 0 aliphatic rings. The number of hydrogen-bond donors (Lipinski definition) is 0. The lowest BCUT2D eigenvalue weighted by Crippen LogP contribution is -2.19. The van der Waals surface area contributed by atoms with Crippen LogP contribution < -0.4 is 9.75 Å². The smallest absolute Gasteiger partial charge is 0.191 e. The van der Waals surface area contributed by atoms with E-state index in [4.69, 9.17) is 4.74 Å². The lowest BCUT2D eigenvalue weighted by atomic mass is 10.3. The van der Waals surface area contributed by atoms with Gasteiger partial charge >= 0.3 is 0 Å². The molecule has 5 nitrogen and oxygen atoms in total. The molecule has 0 amide bonds. The van der Waals surface area contributed by atoms with E-state index in [0.717, 1.165) is 11.4 Å². The Bertz CT molecular complexity index is 391. The molecule has 0 bridgehead atoms. The second-order valence-electron chi connectivity index (χ2n) is 3.91. The molecule has 0 N–H and O–H groups in total. The van der Waals surface area contributed by atoms with Crippen molar-refractivity contribution >= 4 is 5.69 Å². The van der Waals surface area contributed by atoms with Crippen LogP contribution in [0.15, 0.2) is 29.5 Å². The Kier molecular flexibility index (Phi) is 4.75. The van der Waals surface area contributed by atoms with E-state index in [-0.39, 0.29) is 6.04 Å². The van der Waals surface area contributed by atoms with Gasteiger partial charge in [-0.15, -0.1) is 5.01 Å². The molecule has 0 saturated carbocycles. The van der Waals surface area contributed by atoms with Gasteiger partial charge in [0.2, 0.25) is 0 Å². The molecular formula is C12H19N3O2. The Morgan fingerprint density at radius 2 is 2.06 bits per heavy atom. The molecule has 0 aliphatic carbocycles. The molecule has 0 spiro atoms. The molecule has 17 heavy (non-hydrogen) atoms. The van der Waals surface area contributed by atoms with E-state index >= 15 is 0 Å². The van der Waals surface area contributed by atoms with E-state index in [1.807, 2.05) is 31.2 Å². The Morgan fingerprint density at radius 3 is 2.65 bits per heavy atom. The third-order valence-electron chi connectivity index (χ3n) is 2.18. The lowest BCUT2D eigenvalue weighted by Gasteiger charge is -2.15. The highest BCUT2D eigenvalue weighted by molar-refractivity contribution is 5.56. The van der Waals surface area contributed by atoms with Gasteiger partial charge < -0.3 is 9.94 Å². The van der Waals surface area contributed by atoms with Crippen LogP contribution in [0.2, 0.25) is 0 Å². The number of benzene rings is 1. The van der Waals surface area contributed by atoms with Crippen molar-refractivity contribution in [3.63, 3.8) is 0 Å². The van der Waals surface area contributed by atoms with E-state index < -0.39 is 0 Å². The van der Waals surface area contributed by atoms with Crippen LogP contribution in [-0.2, 0) is 0 Å². The first kappa shape index (κ1) is 13.3. The largest absolute Gasteiger partial charge is 0.696 e. The average molecular weight is 237 g/mol. The fourth-order valence-corrected chi connectivity index (χ4v) is 1.29. The van der Waals surface area contributed by atoms with Crippen LogP contribution in [0, 0.1) is 5.21 Å². The summed E-state index contributed by atoms with van der Waals surface area (Å²) < 4.78 is 5.48. The number of rotatable bonds is 5. The zero-order valence-corrected chi connectivity index (χ0v) is 10.8. The van der Waals surface area contributed by atoms with Crippen LogP contribution in [0.5, 0.6) is 5.75 Å². The van der Waals surface area contributed by atoms with E-state index in [1.165, 1.54) is 5.01 Å². The maximum Gasteiger partial charge on any atom is 0.191 e. The summed E-state index contributed by atoms with van der Waals surface area (Å²) in [6.45, 7) is 6.08. The van der Waals surface area contributed by atoms with Gasteiger partial charge in [-0.1, -0.05) is 12.1 Å². The van der Waals surface area contributed by atoms with Crippen LogP contribution in [0.25, 0.3) is 0 Å². The summed E-state index contributed by atoms with van der Waals surface area (Å²) in [5.41, 5.74) is 0.774. The highest BCUT2D eigenvalue weighted by atomic mass is 16.5.